The van der Waals surface area contributed by atoms with Crippen molar-refractivity contribution >= 4 is 50.7 Å². The van der Waals surface area contributed by atoms with Crippen molar-refractivity contribution in [2.75, 3.05) is 29.2 Å². The molecule has 0 aliphatic rings. The maximum absolute atomic E-state index is 12.1. The van der Waals surface area contributed by atoms with Crippen LogP contribution in [0.2, 0.25) is 5.02 Å². The molecule has 0 aliphatic carbocycles. The van der Waals surface area contributed by atoms with Crippen LogP contribution in [0.5, 0.6) is 5.75 Å². The number of nitrogens with one attached hydrogen (secondary N) is 2. The minimum absolute atomic E-state index is 0.187. The van der Waals surface area contributed by atoms with Gasteiger partial charge in [-0.15, -0.1) is 11.8 Å². The van der Waals surface area contributed by atoms with Gasteiger partial charge in [0, 0.05) is 16.5 Å². The molecule has 0 radical (unpaired) electrons. The van der Waals surface area contributed by atoms with Crippen LogP contribution in [0, 0.1) is 0 Å². The second-order valence-electron chi connectivity index (χ2n) is 5.46. The van der Waals surface area contributed by atoms with Crippen LogP contribution >= 0.6 is 23.4 Å². The normalized spacial score (nSPS) is 11.0. The van der Waals surface area contributed by atoms with E-state index in [2.05, 4.69) is 10.0 Å². The summed E-state index contributed by atoms with van der Waals surface area (Å²) >= 11 is 7.39. The van der Waals surface area contributed by atoms with Gasteiger partial charge in [0.2, 0.25) is 15.9 Å². The Hall–Kier alpha value is -1.90. The van der Waals surface area contributed by atoms with Crippen LogP contribution < -0.4 is 14.8 Å². The number of carbonyl (C=O) groups excluding carboxylic acids is 1. The summed E-state index contributed by atoms with van der Waals surface area (Å²) in [5.41, 5.74) is 1.78. The zero-order valence-corrected chi connectivity index (χ0v) is 16.7. The Balaban J connectivity index is 1.94. The summed E-state index contributed by atoms with van der Waals surface area (Å²) < 4.78 is 30.4. The minimum atomic E-state index is -3.46. The maximum atomic E-state index is 12.1. The Morgan fingerprint density at radius 3 is 2.65 bits per heavy atom. The van der Waals surface area contributed by atoms with Crippen LogP contribution in [0.15, 0.2) is 42.5 Å². The predicted octanol–water partition coefficient (Wildman–Crippen LogP) is 3.59. The average Bonchev–Trinajstić information content (AvgIpc) is 2.53. The number of carbonyl (C=O) groups is 1. The fraction of sp³-hybridized carbons (Fsp3) is 0.235. The van der Waals surface area contributed by atoms with E-state index in [1.807, 2.05) is 18.2 Å². The zero-order chi connectivity index (χ0) is 19.2. The quantitative estimate of drug-likeness (QED) is 0.689. The fourth-order valence-electron chi connectivity index (χ4n) is 2.15. The first-order valence-corrected chi connectivity index (χ1v) is 11.0. The Morgan fingerprint density at radius 1 is 1.23 bits per heavy atom. The summed E-state index contributed by atoms with van der Waals surface area (Å²) in [6.07, 6.45) is 1.05. The van der Waals surface area contributed by atoms with E-state index in [0.29, 0.717) is 22.2 Å². The van der Waals surface area contributed by atoms with Crippen molar-refractivity contribution in [2.45, 2.75) is 5.75 Å². The van der Waals surface area contributed by atoms with E-state index in [1.165, 1.54) is 24.9 Å². The van der Waals surface area contributed by atoms with Gasteiger partial charge in [-0.05, 0) is 35.9 Å². The highest BCUT2D eigenvalue weighted by atomic mass is 35.5. The van der Waals surface area contributed by atoms with Crippen LogP contribution in [0.25, 0.3) is 0 Å². The van der Waals surface area contributed by atoms with Crippen molar-refractivity contribution < 1.29 is 17.9 Å². The molecule has 0 spiro atoms. The van der Waals surface area contributed by atoms with E-state index < -0.39 is 10.0 Å². The Kier molecular flexibility index (Phi) is 7.19. The fourth-order valence-corrected chi connectivity index (χ4v) is 3.70. The molecule has 0 fully saturated rings. The third kappa shape index (κ3) is 6.78. The van der Waals surface area contributed by atoms with Gasteiger partial charge in [0.25, 0.3) is 0 Å². The van der Waals surface area contributed by atoms with Gasteiger partial charge < -0.3 is 10.1 Å². The molecule has 2 N–H and O–H groups in total. The molecule has 2 aromatic carbocycles. The Labute approximate surface area is 162 Å². The lowest BCUT2D eigenvalue weighted by molar-refractivity contribution is -0.113. The number of ether oxygens (including phenoxy) is 1. The second kappa shape index (κ2) is 9.16. The summed E-state index contributed by atoms with van der Waals surface area (Å²) in [6, 6.07) is 12.2. The van der Waals surface area contributed by atoms with Gasteiger partial charge in [-0.1, -0.05) is 23.7 Å². The number of halogens is 1. The molecule has 2 rings (SSSR count). The first kappa shape index (κ1) is 20.4. The van der Waals surface area contributed by atoms with Crippen molar-refractivity contribution in [1.82, 2.24) is 0 Å². The number of sulfonamides is 1. The first-order chi connectivity index (χ1) is 12.3. The van der Waals surface area contributed by atoms with Gasteiger partial charge in [0.1, 0.15) is 5.75 Å². The van der Waals surface area contributed by atoms with Crippen LogP contribution in [0.3, 0.4) is 0 Å². The largest absolute Gasteiger partial charge is 0.495 e. The summed E-state index contributed by atoms with van der Waals surface area (Å²) in [6.45, 7) is 0. The molecule has 0 bridgehead atoms. The van der Waals surface area contributed by atoms with Gasteiger partial charge in [-0.25, -0.2) is 8.42 Å². The number of hydrogen-bond acceptors (Lipinski definition) is 5. The molecule has 6 nitrogen and oxygen atoms in total. The Morgan fingerprint density at radius 2 is 2.00 bits per heavy atom. The van der Waals surface area contributed by atoms with E-state index in [9.17, 15) is 13.2 Å². The molecule has 26 heavy (non-hydrogen) atoms. The molecule has 9 heteroatoms. The Bertz CT molecular complexity index is 888. The third-order valence-electron chi connectivity index (χ3n) is 3.17. The second-order valence-corrected chi connectivity index (χ2v) is 8.63. The van der Waals surface area contributed by atoms with Crippen molar-refractivity contribution in [3.63, 3.8) is 0 Å². The molecule has 0 atom stereocenters. The molecule has 140 valence electrons. The number of benzene rings is 2. The number of rotatable bonds is 8. The van der Waals surface area contributed by atoms with Crippen LogP contribution in [0.4, 0.5) is 11.4 Å². The summed E-state index contributed by atoms with van der Waals surface area (Å²) in [7, 11) is -2.02. The summed E-state index contributed by atoms with van der Waals surface area (Å²) in [5.74, 6) is 1.10. The zero-order valence-electron chi connectivity index (χ0n) is 14.3. The molecule has 0 saturated carbocycles. The van der Waals surface area contributed by atoms with Crippen LogP contribution in [-0.4, -0.2) is 33.4 Å². The van der Waals surface area contributed by atoms with Crippen molar-refractivity contribution in [3.8, 4) is 5.75 Å². The van der Waals surface area contributed by atoms with E-state index >= 15 is 0 Å². The maximum Gasteiger partial charge on any atom is 0.234 e. The van der Waals surface area contributed by atoms with Crippen LogP contribution in [-0.2, 0) is 20.6 Å². The van der Waals surface area contributed by atoms with Crippen LogP contribution in [0.1, 0.15) is 5.56 Å². The van der Waals surface area contributed by atoms with E-state index in [4.69, 9.17) is 16.3 Å². The average molecular weight is 415 g/mol. The number of hydrogen-bond donors (Lipinski definition) is 2. The molecule has 0 heterocycles. The van der Waals surface area contributed by atoms with E-state index in [1.54, 1.807) is 18.2 Å². The number of methoxy groups -OCH3 is 1. The van der Waals surface area contributed by atoms with Gasteiger partial charge in [0.15, 0.2) is 0 Å². The predicted molar refractivity (Wildman–Crippen MR) is 108 cm³/mol. The third-order valence-corrected chi connectivity index (χ3v) is 5.00. The standard InChI is InChI=1S/C17H19ClN2O4S2/c1-24-16-7-6-14(9-15(16)20-26(2,22)23)19-17(21)11-25-10-12-4-3-5-13(18)8-12/h3-9,20H,10-11H2,1-2H3,(H,19,21). The molecule has 2 aromatic rings. The smallest absolute Gasteiger partial charge is 0.234 e. The SMILES string of the molecule is COc1ccc(NC(=O)CSCc2cccc(Cl)c2)cc1NS(C)(=O)=O. The molecule has 1 amide bonds. The van der Waals surface area contributed by atoms with E-state index in [-0.39, 0.29) is 17.3 Å². The van der Waals surface area contributed by atoms with Crippen molar-refractivity contribution in [1.29, 1.82) is 0 Å². The first-order valence-electron chi connectivity index (χ1n) is 7.55. The number of thioether (sulfide) groups is 1. The highest BCUT2D eigenvalue weighted by Gasteiger charge is 2.11. The highest BCUT2D eigenvalue weighted by Crippen LogP contribution is 2.28. The topological polar surface area (TPSA) is 84.5 Å². The van der Waals surface area contributed by atoms with Crippen molar-refractivity contribution in [2.24, 2.45) is 0 Å². The van der Waals surface area contributed by atoms with Gasteiger partial charge in [-0.2, -0.15) is 0 Å². The number of amides is 1. The van der Waals surface area contributed by atoms with E-state index in [0.717, 1.165) is 11.8 Å². The highest BCUT2D eigenvalue weighted by molar-refractivity contribution is 7.99. The summed E-state index contributed by atoms with van der Waals surface area (Å²) in [5, 5.41) is 3.40. The molecular formula is C17H19ClN2O4S2. The number of anilines is 2. The minimum Gasteiger partial charge on any atom is -0.495 e. The van der Waals surface area contributed by atoms with Gasteiger partial charge in [-0.3, -0.25) is 9.52 Å². The van der Waals surface area contributed by atoms with Gasteiger partial charge >= 0.3 is 0 Å². The van der Waals surface area contributed by atoms with Crippen molar-refractivity contribution in [3.05, 3.63) is 53.1 Å². The van der Waals surface area contributed by atoms with Gasteiger partial charge in [0.05, 0.1) is 24.8 Å². The molecule has 0 aromatic heterocycles. The molecular weight excluding hydrogens is 396 g/mol. The lowest BCUT2D eigenvalue weighted by Crippen LogP contribution is -2.15. The lowest BCUT2D eigenvalue weighted by Gasteiger charge is -2.12. The molecule has 0 saturated heterocycles. The summed E-state index contributed by atoms with van der Waals surface area (Å²) in [4.78, 5) is 12.1. The molecule has 0 aliphatic heterocycles. The monoisotopic (exact) mass is 414 g/mol. The lowest BCUT2D eigenvalue weighted by atomic mass is 10.2. The molecule has 0 unspecified atom stereocenters.